The number of piperazine rings is 1. The Hall–Kier alpha value is -1.15. The van der Waals surface area contributed by atoms with Crippen molar-refractivity contribution in [3.8, 4) is 5.75 Å². The maximum Gasteiger partial charge on any atom is 0.281 e. The maximum atomic E-state index is 12.5. The fourth-order valence-electron chi connectivity index (χ4n) is 2.69. The van der Waals surface area contributed by atoms with Crippen LogP contribution in [-0.2, 0) is 10.2 Å². The highest BCUT2D eigenvalue weighted by Gasteiger charge is 2.29. The standard InChI is InChI=1S/C17H29N3O3S/c1-3-4-10-18(2)24(21,22)20-13-11-19(12-14-20)15-16-23-17-8-6-5-7-9-17/h5-9H,3-4,10-16H2,1-2H3. The molecule has 1 fully saturated rings. The van der Waals surface area contributed by atoms with Crippen LogP contribution >= 0.6 is 0 Å². The first-order valence-corrected chi connectivity index (χ1v) is 10.1. The van der Waals surface area contributed by atoms with Gasteiger partial charge in [-0.3, -0.25) is 4.90 Å². The van der Waals surface area contributed by atoms with Gasteiger partial charge in [0.25, 0.3) is 10.2 Å². The zero-order valence-electron chi connectivity index (χ0n) is 14.7. The lowest BCUT2D eigenvalue weighted by Crippen LogP contribution is -2.52. The topological polar surface area (TPSA) is 53.1 Å². The van der Waals surface area contributed by atoms with Crippen molar-refractivity contribution in [2.24, 2.45) is 0 Å². The third-order valence-corrected chi connectivity index (χ3v) is 6.29. The van der Waals surface area contributed by atoms with Crippen LogP contribution in [-0.4, -0.2) is 74.9 Å². The van der Waals surface area contributed by atoms with Crippen LogP contribution < -0.4 is 4.74 Å². The molecule has 1 aromatic carbocycles. The van der Waals surface area contributed by atoms with Gasteiger partial charge in [-0.25, -0.2) is 0 Å². The Morgan fingerprint density at radius 1 is 1.12 bits per heavy atom. The van der Waals surface area contributed by atoms with E-state index in [2.05, 4.69) is 11.8 Å². The average molecular weight is 356 g/mol. The van der Waals surface area contributed by atoms with Gasteiger partial charge in [0, 0.05) is 46.3 Å². The second-order valence-corrected chi connectivity index (χ2v) is 8.12. The fraction of sp³-hybridized carbons (Fsp3) is 0.647. The number of benzene rings is 1. The van der Waals surface area contributed by atoms with Crippen molar-refractivity contribution in [3.63, 3.8) is 0 Å². The number of hydrogen-bond donors (Lipinski definition) is 0. The Kier molecular flexibility index (Phi) is 7.48. The summed E-state index contributed by atoms with van der Waals surface area (Å²) in [5, 5.41) is 0. The minimum Gasteiger partial charge on any atom is -0.492 e. The van der Waals surface area contributed by atoms with E-state index in [-0.39, 0.29) is 0 Å². The van der Waals surface area contributed by atoms with Gasteiger partial charge < -0.3 is 4.74 Å². The van der Waals surface area contributed by atoms with Gasteiger partial charge >= 0.3 is 0 Å². The lowest BCUT2D eigenvalue weighted by molar-refractivity contribution is 0.155. The summed E-state index contributed by atoms with van der Waals surface area (Å²) in [6, 6.07) is 9.75. The molecule has 2 rings (SSSR count). The fourth-order valence-corrected chi connectivity index (χ4v) is 4.07. The highest BCUT2D eigenvalue weighted by Crippen LogP contribution is 2.12. The summed E-state index contributed by atoms with van der Waals surface area (Å²) in [4.78, 5) is 2.25. The van der Waals surface area contributed by atoms with E-state index in [1.54, 1.807) is 11.4 Å². The van der Waals surface area contributed by atoms with E-state index in [0.717, 1.165) is 38.2 Å². The first kappa shape index (κ1) is 19.2. The predicted molar refractivity (Wildman–Crippen MR) is 96.4 cm³/mol. The number of hydrogen-bond acceptors (Lipinski definition) is 4. The molecule has 0 aromatic heterocycles. The van der Waals surface area contributed by atoms with Gasteiger partial charge in [-0.05, 0) is 18.6 Å². The normalized spacial score (nSPS) is 17.3. The Morgan fingerprint density at radius 2 is 1.79 bits per heavy atom. The van der Waals surface area contributed by atoms with E-state index in [1.807, 2.05) is 30.3 Å². The molecule has 0 unspecified atom stereocenters. The van der Waals surface area contributed by atoms with E-state index in [1.165, 1.54) is 4.31 Å². The van der Waals surface area contributed by atoms with Crippen molar-refractivity contribution in [2.75, 3.05) is 52.9 Å². The molecule has 0 spiro atoms. The lowest BCUT2D eigenvalue weighted by atomic mass is 10.3. The number of para-hydroxylation sites is 1. The molecule has 7 heteroatoms. The van der Waals surface area contributed by atoms with Crippen molar-refractivity contribution in [1.82, 2.24) is 13.5 Å². The summed E-state index contributed by atoms with van der Waals surface area (Å²) < 4.78 is 33.8. The molecule has 0 bridgehead atoms. The molecule has 0 atom stereocenters. The number of rotatable bonds is 9. The predicted octanol–water partition coefficient (Wildman–Crippen LogP) is 1.66. The quantitative estimate of drug-likeness (QED) is 0.676. The molecule has 136 valence electrons. The van der Waals surface area contributed by atoms with E-state index in [4.69, 9.17) is 4.74 Å². The minimum absolute atomic E-state index is 0.546. The summed E-state index contributed by atoms with van der Waals surface area (Å²) in [7, 11) is -1.64. The molecular formula is C17H29N3O3S. The average Bonchev–Trinajstić information content (AvgIpc) is 2.61. The Bertz CT molecular complexity index is 572. The largest absolute Gasteiger partial charge is 0.492 e. The zero-order valence-corrected chi connectivity index (χ0v) is 15.5. The second kappa shape index (κ2) is 9.36. The summed E-state index contributed by atoms with van der Waals surface area (Å²) in [6.45, 7) is 6.68. The molecular weight excluding hydrogens is 326 g/mol. The van der Waals surface area contributed by atoms with Crippen molar-refractivity contribution >= 4 is 10.2 Å². The zero-order chi connectivity index (χ0) is 17.4. The van der Waals surface area contributed by atoms with E-state index >= 15 is 0 Å². The second-order valence-electron chi connectivity index (χ2n) is 6.09. The van der Waals surface area contributed by atoms with Crippen molar-refractivity contribution in [2.45, 2.75) is 19.8 Å². The third-order valence-electron chi connectivity index (χ3n) is 4.30. The molecule has 6 nitrogen and oxygen atoms in total. The SMILES string of the molecule is CCCCN(C)S(=O)(=O)N1CCN(CCOc2ccccc2)CC1. The highest BCUT2D eigenvalue weighted by molar-refractivity contribution is 7.86. The van der Waals surface area contributed by atoms with Crippen LogP contribution in [0.3, 0.4) is 0 Å². The van der Waals surface area contributed by atoms with Crippen molar-refractivity contribution in [1.29, 1.82) is 0 Å². The van der Waals surface area contributed by atoms with Crippen LogP contribution in [0, 0.1) is 0 Å². The van der Waals surface area contributed by atoms with Crippen molar-refractivity contribution in [3.05, 3.63) is 30.3 Å². The van der Waals surface area contributed by atoms with Crippen LogP contribution in [0.2, 0.25) is 0 Å². The molecule has 1 saturated heterocycles. The number of nitrogens with zero attached hydrogens (tertiary/aromatic N) is 3. The molecule has 1 heterocycles. The summed E-state index contributed by atoms with van der Waals surface area (Å²) >= 11 is 0. The van der Waals surface area contributed by atoms with E-state index < -0.39 is 10.2 Å². The molecule has 1 aromatic rings. The monoisotopic (exact) mass is 355 g/mol. The van der Waals surface area contributed by atoms with Crippen LogP contribution in [0.25, 0.3) is 0 Å². The van der Waals surface area contributed by atoms with Gasteiger partial charge in [0.2, 0.25) is 0 Å². The van der Waals surface area contributed by atoms with Gasteiger partial charge in [0.05, 0.1) is 0 Å². The smallest absolute Gasteiger partial charge is 0.281 e. The van der Waals surface area contributed by atoms with Gasteiger partial charge in [0.15, 0.2) is 0 Å². The minimum atomic E-state index is -3.31. The molecule has 0 saturated carbocycles. The molecule has 0 radical (unpaired) electrons. The number of ether oxygens (including phenoxy) is 1. The Morgan fingerprint density at radius 3 is 2.42 bits per heavy atom. The van der Waals surface area contributed by atoms with Gasteiger partial charge in [-0.1, -0.05) is 31.5 Å². The summed E-state index contributed by atoms with van der Waals surface area (Å²) in [5.74, 6) is 0.872. The molecule has 0 amide bonds. The van der Waals surface area contributed by atoms with Crippen molar-refractivity contribution < 1.29 is 13.2 Å². The van der Waals surface area contributed by atoms with Crippen LogP contribution in [0.5, 0.6) is 5.75 Å². The lowest BCUT2D eigenvalue weighted by Gasteiger charge is -2.35. The van der Waals surface area contributed by atoms with Crippen LogP contribution in [0.15, 0.2) is 30.3 Å². The Balaban J connectivity index is 1.72. The Labute approximate surface area is 146 Å². The van der Waals surface area contributed by atoms with Crippen LogP contribution in [0.4, 0.5) is 0 Å². The molecule has 0 aliphatic carbocycles. The highest BCUT2D eigenvalue weighted by atomic mass is 32.2. The molecule has 1 aliphatic rings. The van der Waals surface area contributed by atoms with Gasteiger partial charge in [-0.2, -0.15) is 17.0 Å². The summed E-state index contributed by atoms with van der Waals surface area (Å²) in [5.41, 5.74) is 0. The van der Waals surface area contributed by atoms with E-state index in [0.29, 0.717) is 26.2 Å². The molecule has 0 N–H and O–H groups in total. The first-order valence-electron chi connectivity index (χ1n) is 8.65. The maximum absolute atomic E-state index is 12.5. The van der Waals surface area contributed by atoms with E-state index in [9.17, 15) is 8.42 Å². The van der Waals surface area contributed by atoms with Crippen LogP contribution in [0.1, 0.15) is 19.8 Å². The van der Waals surface area contributed by atoms with Gasteiger partial charge in [-0.15, -0.1) is 0 Å². The third kappa shape index (κ3) is 5.44. The van der Waals surface area contributed by atoms with Gasteiger partial charge in [0.1, 0.15) is 12.4 Å². The first-order chi connectivity index (χ1) is 11.5. The summed E-state index contributed by atoms with van der Waals surface area (Å²) in [6.07, 6.45) is 1.89. The molecule has 24 heavy (non-hydrogen) atoms. The molecule has 1 aliphatic heterocycles. The number of unbranched alkanes of at least 4 members (excludes halogenated alkanes) is 1.